The topological polar surface area (TPSA) is 70.2 Å². The van der Waals surface area contributed by atoms with E-state index in [-0.39, 0.29) is 17.8 Å². The largest absolute Gasteiger partial charge is 0.363 e. The van der Waals surface area contributed by atoms with Crippen LogP contribution in [-0.2, 0) is 0 Å². The highest BCUT2D eigenvalue weighted by molar-refractivity contribution is 5.65. The van der Waals surface area contributed by atoms with Crippen molar-refractivity contribution < 1.29 is 9.31 Å². The number of alkyl halides is 1. The zero-order valence-corrected chi connectivity index (χ0v) is 9.67. The zero-order chi connectivity index (χ0) is 13.1. The lowest BCUT2D eigenvalue weighted by Gasteiger charge is -2.30. The van der Waals surface area contributed by atoms with Gasteiger partial charge in [-0.05, 0) is 25.0 Å². The standard InChI is InChI=1S/C12H12FN3O2/c13-10-2-1-5-15(8-10)11-4-3-9(7-14)6-12(11)16(17)18/h3-4,6,10H,1-2,5,8H2. The number of benzene rings is 1. The van der Waals surface area contributed by atoms with Crippen molar-refractivity contribution in [2.24, 2.45) is 0 Å². The van der Waals surface area contributed by atoms with Gasteiger partial charge in [0.05, 0.1) is 16.6 Å². The van der Waals surface area contributed by atoms with Crippen LogP contribution in [0.1, 0.15) is 18.4 Å². The molecule has 1 aromatic rings. The Morgan fingerprint density at radius 1 is 1.56 bits per heavy atom. The van der Waals surface area contributed by atoms with Crippen molar-refractivity contribution in [1.82, 2.24) is 0 Å². The smallest absolute Gasteiger partial charge is 0.293 e. The maximum atomic E-state index is 13.3. The number of nitriles is 1. The monoisotopic (exact) mass is 249 g/mol. The first-order chi connectivity index (χ1) is 8.61. The van der Waals surface area contributed by atoms with Gasteiger partial charge >= 0.3 is 0 Å². The lowest BCUT2D eigenvalue weighted by atomic mass is 10.1. The molecule has 0 aliphatic carbocycles. The number of nitrogens with zero attached hydrogens (tertiary/aromatic N) is 3. The molecular weight excluding hydrogens is 237 g/mol. The average Bonchev–Trinajstić information content (AvgIpc) is 2.38. The first-order valence-corrected chi connectivity index (χ1v) is 5.69. The third-order valence-corrected chi connectivity index (χ3v) is 3.01. The van der Waals surface area contributed by atoms with E-state index >= 15 is 0 Å². The van der Waals surface area contributed by atoms with Crippen LogP contribution in [-0.4, -0.2) is 24.2 Å². The number of anilines is 1. The first kappa shape index (κ1) is 12.3. The summed E-state index contributed by atoms with van der Waals surface area (Å²) in [5.41, 5.74) is 0.490. The summed E-state index contributed by atoms with van der Waals surface area (Å²) in [6, 6.07) is 6.14. The third-order valence-electron chi connectivity index (χ3n) is 3.01. The third kappa shape index (κ3) is 2.40. The Morgan fingerprint density at radius 2 is 2.33 bits per heavy atom. The van der Waals surface area contributed by atoms with Crippen LogP contribution in [0.25, 0.3) is 0 Å². The highest BCUT2D eigenvalue weighted by Crippen LogP contribution is 2.31. The summed E-state index contributed by atoms with van der Waals surface area (Å²) < 4.78 is 13.3. The Labute approximate surface area is 104 Å². The van der Waals surface area contributed by atoms with Crippen LogP contribution in [0.2, 0.25) is 0 Å². The highest BCUT2D eigenvalue weighted by atomic mass is 19.1. The van der Waals surface area contributed by atoms with E-state index in [1.807, 2.05) is 6.07 Å². The molecule has 1 fully saturated rings. The molecule has 1 aromatic carbocycles. The number of rotatable bonds is 2. The molecule has 0 N–H and O–H groups in total. The van der Waals surface area contributed by atoms with Crippen molar-refractivity contribution in [2.75, 3.05) is 18.0 Å². The van der Waals surface area contributed by atoms with Crippen LogP contribution < -0.4 is 4.90 Å². The van der Waals surface area contributed by atoms with Gasteiger partial charge in [-0.25, -0.2) is 4.39 Å². The van der Waals surface area contributed by atoms with Gasteiger partial charge in [-0.3, -0.25) is 10.1 Å². The van der Waals surface area contributed by atoms with Gasteiger partial charge in [-0.15, -0.1) is 0 Å². The zero-order valence-electron chi connectivity index (χ0n) is 9.67. The maximum absolute atomic E-state index is 13.3. The second kappa shape index (κ2) is 5.00. The number of nitro groups is 1. The molecule has 1 heterocycles. The van der Waals surface area contributed by atoms with Gasteiger partial charge in [0.25, 0.3) is 5.69 Å². The van der Waals surface area contributed by atoms with E-state index in [9.17, 15) is 14.5 Å². The molecule has 6 heteroatoms. The van der Waals surface area contributed by atoms with Gasteiger partial charge < -0.3 is 4.90 Å². The molecular formula is C12H12FN3O2. The fourth-order valence-corrected chi connectivity index (χ4v) is 2.15. The van der Waals surface area contributed by atoms with Gasteiger partial charge in [0.2, 0.25) is 0 Å². The van der Waals surface area contributed by atoms with Crippen LogP contribution in [0, 0.1) is 21.4 Å². The summed E-state index contributed by atoms with van der Waals surface area (Å²) in [7, 11) is 0. The number of piperidine rings is 1. The van der Waals surface area contributed by atoms with E-state index in [0.717, 1.165) is 0 Å². The molecule has 1 saturated heterocycles. The molecule has 0 aromatic heterocycles. The van der Waals surface area contributed by atoms with E-state index in [0.29, 0.717) is 25.1 Å². The minimum Gasteiger partial charge on any atom is -0.363 e. The predicted octanol–water partition coefficient (Wildman–Crippen LogP) is 2.40. The Balaban J connectivity index is 2.37. The molecule has 1 aliphatic rings. The Morgan fingerprint density at radius 3 is 2.94 bits per heavy atom. The summed E-state index contributed by atoms with van der Waals surface area (Å²) in [5, 5.41) is 19.7. The minimum atomic E-state index is -0.950. The van der Waals surface area contributed by atoms with Crippen LogP contribution in [0.5, 0.6) is 0 Å². The second-order valence-electron chi connectivity index (χ2n) is 4.26. The van der Waals surface area contributed by atoms with Crippen molar-refractivity contribution in [3.8, 4) is 6.07 Å². The first-order valence-electron chi connectivity index (χ1n) is 5.69. The Hall–Kier alpha value is -2.16. The lowest BCUT2D eigenvalue weighted by Crippen LogP contribution is -2.36. The van der Waals surface area contributed by atoms with Gasteiger partial charge in [0.15, 0.2) is 0 Å². The van der Waals surface area contributed by atoms with Crippen LogP contribution in [0.3, 0.4) is 0 Å². The average molecular weight is 249 g/mol. The number of halogens is 1. The van der Waals surface area contributed by atoms with Gasteiger partial charge in [-0.1, -0.05) is 0 Å². The van der Waals surface area contributed by atoms with Crippen LogP contribution >= 0.6 is 0 Å². The predicted molar refractivity (Wildman–Crippen MR) is 64.2 cm³/mol. The molecule has 1 aliphatic heterocycles. The molecule has 94 valence electrons. The molecule has 0 amide bonds. The molecule has 1 unspecified atom stereocenters. The second-order valence-corrected chi connectivity index (χ2v) is 4.26. The fraction of sp³-hybridized carbons (Fsp3) is 0.417. The van der Waals surface area contributed by atoms with Crippen LogP contribution in [0.4, 0.5) is 15.8 Å². The SMILES string of the molecule is N#Cc1ccc(N2CCCC(F)C2)c([N+](=O)[O-])c1. The van der Waals surface area contributed by atoms with Crippen molar-refractivity contribution in [3.05, 3.63) is 33.9 Å². The molecule has 2 rings (SSSR count). The molecule has 0 radical (unpaired) electrons. The molecule has 0 saturated carbocycles. The van der Waals surface area contributed by atoms with Crippen molar-refractivity contribution in [2.45, 2.75) is 19.0 Å². The Kier molecular flexibility index (Phi) is 3.42. The van der Waals surface area contributed by atoms with Crippen molar-refractivity contribution in [3.63, 3.8) is 0 Å². The van der Waals surface area contributed by atoms with Gasteiger partial charge in [0, 0.05) is 19.2 Å². The van der Waals surface area contributed by atoms with Crippen molar-refractivity contribution >= 4 is 11.4 Å². The summed E-state index contributed by atoms with van der Waals surface area (Å²) in [4.78, 5) is 12.1. The summed E-state index contributed by atoms with van der Waals surface area (Å²) >= 11 is 0. The van der Waals surface area contributed by atoms with Gasteiger partial charge in [0.1, 0.15) is 11.9 Å². The fourth-order valence-electron chi connectivity index (χ4n) is 2.15. The summed E-state index contributed by atoms with van der Waals surface area (Å²) in [5.74, 6) is 0. The highest BCUT2D eigenvalue weighted by Gasteiger charge is 2.25. The van der Waals surface area contributed by atoms with E-state index in [1.54, 1.807) is 4.90 Å². The lowest BCUT2D eigenvalue weighted by molar-refractivity contribution is -0.384. The molecule has 18 heavy (non-hydrogen) atoms. The number of hydrogen-bond acceptors (Lipinski definition) is 4. The van der Waals surface area contributed by atoms with E-state index < -0.39 is 11.1 Å². The molecule has 5 nitrogen and oxygen atoms in total. The molecule has 0 bridgehead atoms. The van der Waals surface area contributed by atoms with Crippen molar-refractivity contribution in [1.29, 1.82) is 5.26 Å². The van der Waals surface area contributed by atoms with E-state index in [1.165, 1.54) is 18.2 Å². The quantitative estimate of drug-likeness (QED) is 0.596. The van der Waals surface area contributed by atoms with E-state index in [2.05, 4.69) is 0 Å². The summed E-state index contributed by atoms with van der Waals surface area (Å²) in [6.07, 6.45) is 0.229. The number of hydrogen-bond donors (Lipinski definition) is 0. The molecule has 0 spiro atoms. The van der Waals surface area contributed by atoms with E-state index in [4.69, 9.17) is 5.26 Å². The normalized spacial score (nSPS) is 19.3. The molecule has 1 atom stereocenters. The maximum Gasteiger partial charge on any atom is 0.293 e. The summed E-state index contributed by atoms with van der Waals surface area (Å²) in [6.45, 7) is 0.778. The number of nitro benzene ring substituents is 1. The van der Waals surface area contributed by atoms with Crippen LogP contribution in [0.15, 0.2) is 18.2 Å². The Bertz CT molecular complexity index is 513. The van der Waals surface area contributed by atoms with Gasteiger partial charge in [-0.2, -0.15) is 5.26 Å². The minimum absolute atomic E-state index is 0.136.